The van der Waals surface area contributed by atoms with E-state index in [1.54, 1.807) is 19.9 Å². The molecule has 0 aliphatic carbocycles. The van der Waals surface area contributed by atoms with Crippen molar-refractivity contribution in [1.29, 1.82) is 0 Å². The summed E-state index contributed by atoms with van der Waals surface area (Å²) in [6.07, 6.45) is -1.47. The van der Waals surface area contributed by atoms with E-state index in [2.05, 4.69) is 20.5 Å². The predicted molar refractivity (Wildman–Crippen MR) is 136 cm³/mol. The van der Waals surface area contributed by atoms with E-state index in [9.17, 15) is 37.5 Å². The van der Waals surface area contributed by atoms with Gasteiger partial charge in [0.05, 0.1) is 18.9 Å². The van der Waals surface area contributed by atoms with Gasteiger partial charge in [-0.25, -0.2) is 14.6 Å². The van der Waals surface area contributed by atoms with Gasteiger partial charge in [0.15, 0.2) is 12.2 Å². The van der Waals surface area contributed by atoms with Crippen molar-refractivity contribution in [3.8, 4) is 17.1 Å². The molecule has 3 N–H and O–H groups in total. The monoisotopic (exact) mass is 597 g/mol. The van der Waals surface area contributed by atoms with Crippen LogP contribution in [0.2, 0.25) is 0 Å². The fraction of sp³-hybridized carbons (Fsp3) is 0.280. The molecule has 3 aromatic rings. The topological polar surface area (TPSA) is 161 Å². The number of pyridine rings is 1. The molecular formula is C25H24F3N4O8S+. The van der Waals surface area contributed by atoms with Gasteiger partial charge in [-0.05, 0) is 38.5 Å². The molecule has 0 fully saturated rings. The fourth-order valence-electron chi connectivity index (χ4n) is 3.33. The summed E-state index contributed by atoms with van der Waals surface area (Å²) >= 11 is 0.784. The van der Waals surface area contributed by atoms with Crippen LogP contribution in [-0.2, 0) is 14.4 Å². The van der Waals surface area contributed by atoms with Crippen molar-refractivity contribution in [1.82, 2.24) is 10.3 Å². The zero-order valence-electron chi connectivity index (χ0n) is 21.8. The Morgan fingerprint density at radius 3 is 2.49 bits per heavy atom. The molecule has 0 spiro atoms. The fourth-order valence-corrected chi connectivity index (χ4v) is 4.67. The molecule has 0 saturated carbocycles. The quantitative estimate of drug-likeness (QED) is 0.180. The Hall–Kier alpha value is -4.60. The van der Waals surface area contributed by atoms with Crippen LogP contribution in [0, 0.1) is 0 Å². The van der Waals surface area contributed by atoms with Gasteiger partial charge in [0.1, 0.15) is 11.3 Å². The molecule has 1 aromatic carbocycles. The van der Waals surface area contributed by atoms with Gasteiger partial charge in [-0.1, -0.05) is 11.8 Å². The number of carbonyl (C=O) groups excluding carboxylic acids is 3. The lowest BCUT2D eigenvalue weighted by Gasteiger charge is -2.25. The third-order valence-corrected chi connectivity index (χ3v) is 6.42. The lowest BCUT2D eigenvalue weighted by Crippen LogP contribution is -2.52. The number of halogens is 3. The Bertz CT molecular complexity index is 1450. The van der Waals surface area contributed by atoms with Crippen molar-refractivity contribution < 1.29 is 56.2 Å². The predicted octanol–water partition coefficient (Wildman–Crippen LogP) is 2.87. The average molecular weight is 598 g/mol. The molecule has 41 heavy (non-hydrogen) atoms. The van der Waals surface area contributed by atoms with Crippen LogP contribution in [0.25, 0.3) is 11.3 Å². The summed E-state index contributed by atoms with van der Waals surface area (Å²) in [7, 11) is 1.42. The minimum absolute atomic E-state index is 0.0586. The number of hydrogen-bond acceptors (Lipinski definition) is 9. The molecule has 0 radical (unpaired) electrons. The molecule has 2 heterocycles. The van der Waals surface area contributed by atoms with Crippen molar-refractivity contribution in [3.63, 3.8) is 0 Å². The van der Waals surface area contributed by atoms with E-state index in [1.807, 2.05) is 0 Å². The van der Waals surface area contributed by atoms with Crippen LogP contribution in [0.4, 0.5) is 18.9 Å². The second-order valence-corrected chi connectivity index (χ2v) is 9.99. The van der Waals surface area contributed by atoms with Crippen LogP contribution >= 0.6 is 11.8 Å². The van der Waals surface area contributed by atoms with Crippen LogP contribution in [0.3, 0.4) is 0 Å². The van der Waals surface area contributed by atoms with Gasteiger partial charge < -0.3 is 24.9 Å². The van der Waals surface area contributed by atoms with Gasteiger partial charge in [-0.3, -0.25) is 9.59 Å². The van der Waals surface area contributed by atoms with E-state index in [1.165, 1.54) is 31.8 Å². The van der Waals surface area contributed by atoms with Gasteiger partial charge in [-0.15, -0.1) is 0 Å². The summed E-state index contributed by atoms with van der Waals surface area (Å²) in [5.41, 5.74) is -0.577. The number of ether oxygens (including phenoxy) is 1. The van der Waals surface area contributed by atoms with Gasteiger partial charge in [0.25, 0.3) is 0 Å². The van der Waals surface area contributed by atoms with E-state index in [0.717, 1.165) is 30.1 Å². The number of methoxy groups -OCH3 is 1. The Morgan fingerprint density at radius 2 is 1.88 bits per heavy atom. The third kappa shape index (κ3) is 8.20. The van der Waals surface area contributed by atoms with Crippen molar-refractivity contribution in [2.24, 2.45) is 0 Å². The van der Waals surface area contributed by atoms with E-state index in [0.29, 0.717) is 21.8 Å². The first-order chi connectivity index (χ1) is 19.2. The number of carboxylic acids is 1. The Labute approximate surface area is 234 Å². The first-order valence-corrected chi connectivity index (χ1v) is 12.6. The largest absolute Gasteiger partial charge is 0.498 e. The number of anilines is 1. The number of hydrogen-bond donors (Lipinski definition) is 3. The first kappa shape index (κ1) is 30.9. The van der Waals surface area contributed by atoms with Crippen molar-refractivity contribution in [2.45, 2.75) is 37.0 Å². The maximum atomic E-state index is 12.7. The lowest BCUT2D eigenvalue weighted by atomic mass is 10.0. The summed E-state index contributed by atoms with van der Waals surface area (Å²) in [6.45, 7) is 3.18. The molecule has 0 atom stereocenters. The minimum Gasteiger partial charge on any atom is -0.496 e. The SMILES string of the molecule is COc1cc(NC(=O)C(=O)NC(C)(C)CCSc2c(C(=O)O)ccc[n+]2OC(=O)C(F)(F)F)ccc1-c1cnco1. The lowest BCUT2D eigenvalue weighted by molar-refractivity contribution is -0.899. The number of rotatable bonds is 10. The summed E-state index contributed by atoms with van der Waals surface area (Å²) in [6, 6.07) is 6.88. The van der Waals surface area contributed by atoms with E-state index in [4.69, 9.17) is 9.15 Å². The molecular weight excluding hydrogens is 573 g/mol. The number of nitrogens with one attached hydrogen (secondary N) is 2. The summed E-state index contributed by atoms with van der Waals surface area (Å²) in [4.78, 5) is 56.2. The van der Waals surface area contributed by atoms with Gasteiger partial charge in [0.2, 0.25) is 6.20 Å². The molecule has 0 aliphatic rings. The first-order valence-electron chi connectivity index (χ1n) is 11.6. The molecule has 3 rings (SSSR count). The number of aromatic nitrogens is 2. The second kappa shape index (κ2) is 12.7. The molecule has 2 aromatic heterocycles. The summed E-state index contributed by atoms with van der Waals surface area (Å²) in [5, 5.41) is 14.2. The van der Waals surface area contributed by atoms with Crippen molar-refractivity contribution in [3.05, 3.63) is 54.7 Å². The van der Waals surface area contributed by atoms with Crippen molar-refractivity contribution >= 4 is 41.2 Å². The number of benzene rings is 1. The summed E-state index contributed by atoms with van der Waals surface area (Å²) < 4.78 is 49.0. The van der Waals surface area contributed by atoms with Crippen LogP contribution in [0.1, 0.15) is 30.6 Å². The summed E-state index contributed by atoms with van der Waals surface area (Å²) in [5.74, 6) is -5.09. The number of carbonyl (C=O) groups is 4. The van der Waals surface area contributed by atoms with E-state index >= 15 is 0 Å². The van der Waals surface area contributed by atoms with Crippen LogP contribution in [0.5, 0.6) is 5.75 Å². The second-order valence-electron chi connectivity index (χ2n) is 8.91. The minimum atomic E-state index is -5.30. The zero-order valence-corrected chi connectivity index (χ0v) is 22.6. The number of nitrogens with zero attached hydrogens (tertiary/aromatic N) is 2. The average Bonchev–Trinajstić information content (AvgIpc) is 3.43. The van der Waals surface area contributed by atoms with Crippen LogP contribution in [0.15, 0.2) is 58.6 Å². The zero-order chi connectivity index (χ0) is 30.4. The highest BCUT2D eigenvalue weighted by molar-refractivity contribution is 7.99. The molecule has 16 heteroatoms. The number of thioether (sulfide) groups is 1. The Kier molecular flexibility index (Phi) is 9.59. The highest BCUT2D eigenvalue weighted by Gasteiger charge is 2.45. The van der Waals surface area contributed by atoms with Gasteiger partial charge in [-0.2, -0.15) is 18.0 Å². The maximum Gasteiger partial charge on any atom is 0.498 e. The van der Waals surface area contributed by atoms with Gasteiger partial charge in [0, 0.05) is 33.8 Å². The smallest absolute Gasteiger partial charge is 0.496 e. The Balaban J connectivity index is 1.63. The maximum absolute atomic E-state index is 12.7. The molecule has 0 saturated heterocycles. The molecule has 2 amide bonds. The van der Waals surface area contributed by atoms with Crippen molar-refractivity contribution in [2.75, 3.05) is 18.2 Å². The number of oxazole rings is 1. The molecule has 0 unspecified atom stereocenters. The highest BCUT2D eigenvalue weighted by atomic mass is 32.2. The number of aromatic carboxylic acids is 1. The molecule has 218 valence electrons. The third-order valence-electron chi connectivity index (χ3n) is 5.34. The van der Waals surface area contributed by atoms with Gasteiger partial charge >= 0.3 is 35.0 Å². The number of carboxylic acid groups (broad SMARTS) is 1. The van der Waals surface area contributed by atoms with Crippen LogP contribution in [-0.4, -0.2) is 58.4 Å². The highest BCUT2D eigenvalue weighted by Crippen LogP contribution is 2.32. The van der Waals surface area contributed by atoms with E-state index in [-0.39, 0.29) is 22.9 Å². The number of amides is 2. The molecule has 12 nitrogen and oxygen atoms in total. The molecule has 0 aliphatic heterocycles. The Morgan fingerprint density at radius 1 is 1.15 bits per heavy atom. The number of alkyl halides is 3. The van der Waals surface area contributed by atoms with Crippen LogP contribution < -0.4 is 24.9 Å². The molecule has 0 bridgehead atoms. The van der Waals surface area contributed by atoms with E-state index < -0.39 is 41.0 Å². The normalized spacial score (nSPS) is 11.5. The standard InChI is InChI=1S/C25H23F3N4O8S/c1-24(2,8-10-41-21-16(22(35)36)5-4-9-32(21)40-23(37)25(26,27)28)31-20(34)19(33)30-14-6-7-15(17(11-14)38-3)18-12-29-13-39-18/h4-7,9,11-13H,8,10H2,1-3H3,(H2-,30,31,33,34,35,36)/p+1.